The summed E-state index contributed by atoms with van der Waals surface area (Å²) in [6.07, 6.45) is 0. The van der Waals surface area contributed by atoms with Gasteiger partial charge in [0.15, 0.2) is 0 Å². The van der Waals surface area contributed by atoms with Gasteiger partial charge in [0.1, 0.15) is 0 Å². The van der Waals surface area contributed by atoms with Crippen molar-refractivity contribution in [3.8, 4) is 0 Å². The molecular formula is C12H24N8. The van der Waals surface area contributed by atoms with Crippen molar-refractivity contribution in [2.45, 2.75) is 13.8 Å². The second-order valence-corrected chi connectivity index (χ2v) is 4.87. The molecule has 1 saturated heterocycles. The monoisotopic (exact) mass is 280 g/mol. The van der Waals surface area contributed by atoms with Gasteiger partial charge in [-0.05, 0) is 20.9 Å². The molecule has 1 aromatic rings. The molecule has 1 aliphatic rings. The molecule has 0 bridgehead atoms. The lowest BCUT2D eigenvalue weighted by atomic mass is 10.3. The van der Waals surface area contributed by atoms with E-state index in [1.165, 1.54) is 0 Å². The number of nitrogens with one attached hydrogen (secondary N) is 1. The maximum Gasteiger partial charge on any atom is 0.243 e. The Kier molecular flexibility index (Phi) is 4.91. The third-order valence-electron chi connectivity index (χ3n) is 3.57. The first kappa shape index (κ1) is 14.7. The average molecular weight is 280 g/mol. The molecule has 2 heterocycles. The molecule has 1 aliphatic heterocycles. The van der Waals surface area contributed by atoms with Gasteiger partial charge in [-0.15, -0.1) is 0 Å². The third-order valence-corrected chi connectivity index (χ3v) is 3.57. The summed E-state index contributed by atoms with van der Waals surface area (Å²) in [6.45, 7) is 9.73. The molecule has 20 heavy (non-hydrogen) atoms. The molecule has 0 atom stereocenters. The standard InChI is InChI=1S/C12H24N8/c1-4-19(5-2)11-14-10(17-13)15-12(16-11)20-8-6-18(3)7-9-20/h4-9,13H2,1-3H3,(H,14,15,16,17). The van der Waals surface area contributed by atoms with Gasteiger partial charge < -0.3 is 14.7 Å². The number of nitrogens with zero attached hydrogens (tertiary/aromatic N) is 6. The van der Waals surface area contributed by atoms with E-state index >= 15 is 0 Å². The van der Waals surface area contributed by atoms with Crippen LogP contribution in [0.15, 0.2) is 0 Å². The van der Waals surface area contributed by atoms with Gasteiger partial charge in [-0.25, -0.2) is 5.84 Å². The Balaban J connectivity index is 2.25. The van der Waals surface area contributed by atoms with Crippen molar-refractivity contribution >= 4 is 17.8 Å². The van der Waals surface area contributed by atoms with Gasteiger partial charge in [-0.2, -0.15) is 15.0 Å². The molecule has 0 amide bonds. The molecule has 2 rings (SSSR count). The molecule has 1 aromatic heterocycles. The first-order chi connectivity index (χ1) is 9.67. The van der Waals surface area contributed by atoms with Crippen LogP contribution in [0.25, 0.3) is 0 Å². The van der Waals surface area contributed by atoms with Crippen molar-refractivity contribution in [2.24, 2.45) is 5.84 Å². The fraction of sp³-hybridized carbons (Fsp3) is 0.750. The van der Waals surface area contributed by atoms with Crippen LogP contribution < -0.4 is 21.1 Å². The lowest BCUT2D eigenvalue weighted by Crippen LogP contribution is -2.45. The quantitative estimate of drug-likeness (QED) is 0.564. The van der Waals surface area contributed by atoms with E-state index in [1.54, 1.807) is 0 Å². The fourth-order valence-electron chi connectivity index (χ4n) is 2.21. The summed E-state index contributed by atoms with van der Waals surface area (Å²) in [4.78, 5) is 19.9. The van der Waals surface area contributed by atoms with Crippen molar-refractivity contribution in [3.05, 3.63) is 0 Å². The van der Waals surface area contributed by atoms with E-state index in [-0.39, 0.29) is 0 Å². The van der Waals surface area contributed by atoms with Crippen LogP contribution in [0.1, 0.15) is 13.8 Å². The summed E-state index contributed by atoms with van der Waals surface area (Å²) in [7, 11) is 2.12. The highest BCUT2D eigenvalue weighted by atomic mass is 15.4. The predicted octanol–water partition coefficient (Wildman–Crippen LogP) is -0.245. The number of hydrogen-bond donors (Lipinski definition) is 2. The molecule has 8 nitrogen and oxygen atoms in total. The van der Waals surface area contributed by atoms with Gasteiger partial charge in [0.25, 0.3) is 0 Å². The van der Waals surface area contributed by atoms with E-state index in [2.05, 4.69) is 56.0 Å². The highest BCUT2D eigenvalue weighted by Crippen LogP contribution is 2.17. The molecular weight excluding hydrogens is 256 g/mol. The maximum atomic E-state index is 5.47. The zero-order valence-electron chi connectivity index (χ0n) is 12.5. The normalized spacial score (nSPS) is 16.3. The predicted molar refractivity (Wildman–Crippen MR) is 80.9 cm³/mol. The number of likely N-dealkylation sites (N-methyl/N-ethyl adjacent to an activating group) is 1. The SMILES string of the molecule is CCN(CC)c1nc(NN)nc(N2CCN(C)CC2)n1. The number of nitrogens with two attached hydrogens (primary N) is 1. The molecule has 0 radical (unpaired) electrons. The summed E-state index contributed by atoms with van der Waals surface area (Å²) in [5, 5.41) is 0. The highest BCUT2D eigenvalue weighted by molar-refractivity contribution is 5.45. The first-order valence-corrected chi connectivity index (χ1v) is 7.09. The van der Waals surface area contributed by atoms with E-state index < -0.39 is 0 Å². The number of rotatable bonds is 5. The largest absolute Gasteiger partial charge is 0.341 e. The molecule has 0 spiro atoms. The maximum absolute atomic E-state index is 5.47. The molecule has 1 fully saturated rings. The average Bonchev–Trinajstić information content (AvgIpc) is 2.49. The lowest BCUT2D eigenvalue weighted by Gasteiger charge is -2.32. The summed E-state index contributed by atoms with van der Waals surface area (Å²) >= 11 is 0. The van der Waals surface area contributed by atoms with Crippen molar-refractivity contribution in [1.82, 2.24) is 19.9 Å². The number of aromatic nitrogens is 3. The van der Waals surface area contributed by atoms with Crippen LogP contribution in [0.4, 0.5) is 17.8 Å². The van der Waals surface area contributed by atoms with E-state index in [4.69, 9.17) is 5.84 Å². The van der Waals surface area contributed by atoms with E-state index in [0.717, 1.165) is 39.3 Å². The third kappa shape index (κ3) is 3.26. The minimum atomic E-state index is 0.413. The van der Waals surface area contributed by atoms with Crippen LogP contribution >= 0.6 is 0 Å². The molecule has 112 valence electrons. The fourth-order valence-corrected chi connectivity index (χ4v) is 2.21. The van der Waals surface area contributed by atoms with Crippen molar-refractivity contribution in [2.75, 3.05) is 61.5 Å². The van der Waals surface area contributed by atoms with Gasteiger partial charge in [-0.1, -0.05) is 0 Å². The van der Waals surface area contributed by atoms with Crippen LogP contribution in [-0.2, 0) is 0 Å². The lowest BCUT2D eigenvalue weighted by molar-refractivity contribution is 0.311. The van der Waals surface area contributed by atoms with E-state index in [0.29, 0.717) is 17.8 Å². The molecule has 0 aromatic carbocycles. The molecule has 0 saturated carbocycles. The Morgan fingerprint density at radius 3 is 2.30 bits per heavy atom. The van der Waals surface area contributed by atoms with Gasteiger partial charge in [0.05, 0.1) is 0 Å². The Bertz CT molecular complexity index is 425. The Morgan fingerprint density at radius 2 is 1.75 bits per heavy atom. The molecule has 3 N–H and O–H groups in total. The number of hydrazine groups is 1. The van der Waals surface area contributed by atoms with Gasteiger partial charge in [-0.3, -0.25) is 5.43 Å². The Hall–Kier alpha value is -1.67. The van der Waals surface area contributed by atoms with E-state index in [9.17, 15) is 0 Å². The minimum Gasteiger partial charge on any atom is -0.341 e. The summed E-state index contributed by atoms with van der Waals surface area (Å²) in [5.41, 5.74) is 2.53. The smallest absolute Gasteiger partial charge is 0.243 e. The molecule has 0 aliphatic carbocycles. The summed E-state index contributed by atoms with van der Waals surface area (Å²) in [6, 6.07) is 0. The van der Waals surface area contributed by atoms with Crippen LogP contribution in [0.5, 0.6) is 0 Å². The summed E-state index contributed by atoms with van der Waals surface area (Å²) < 4.78 is 0. The second kappa shape index (κ2) is 6.67. The number of anilines is 3. The molecule has 8 heteroatoms. The zero-order valence-corrected chi connectivity index (χ0v) is 12.5. The van der Waals surface area contributed by atoms with Crippen LogP contribution in [0.2, 0.25) is 0 Å². The van der Waals surface area contributed by atoms with Crippen LogP contribution in [0, 0.1) is 0 Å². The Labute approximate surface area is 120 Å². The van der Waals surface area contributed by atoms with Crippen molar-refractivity contribution in [1.29, 1.82) is 0 Å². The number of piperazine rings is 1. The van der Waals surface area contributed by atoms with Gasteiger partial charge in [0.2, 0.25) is 17.8 Å². The van der Waals surface area contributed by atoms with Gasteiger partial charge >= 0.3 is 0 Å². The zero-order chi connectivity index (χ0) is 14.5. The van der Waals surface area contributed by atoms with E-state index in [1.807, 2.05) is 0 Å². The number of hydrogen-bond acceptors (Lipinski definition) is 8. The Morgan fingerprint density at radius 1 is 1.10 bits per heavy atom. The minimum absolute atomic E-state index is 0.413. The van der Waals surface area contributed by atoms with Gasteiger partial charge in [0, 0.05) is 39.3 Å². The number of nitrogen functional groups attached to an aromatic ring is 1. The summed E-state index contributed by atoms with van der Waals surface area (Å²) in [5.74, 6) is 7.26. The van der Waals surface area contributed by atoms with Crippen LogP contribution in [-0.4, -0.2) is 66.2 Å². The topological polar surface area (TPSA) is 86.4 Å². The highest BCUT2D eigenvalue weighted by Gasteiger charge is 2.19. The van der Waals surface area contributed by atoms with Crippen LogP contribution in [0.3, 0.4) is 0 Å². The van der Waals surface area contributed by atoms with Crippen molar-refractivity contribution < 1.29 is 0 Å². The first-order valence-electron chi connectivity index (χ1n) is 7.09. The second-order valence-electron chi connectivity index (χ2n) is 4.87. The molecule has 0 unspecified atom stereocenters. The van der Waals surface area contributed by atoms with Crippen molar-refractivity contribution in [3.63, 3.8) is 0 Å².